The summed E-state index contributed by atoms with van der Waals surface area (Å²) in [5.74, 6) is -1.27. The highest BCUT2D eigenvalue weighted by Crippen LogP contribution is 2.16. The molecule has 2 rings (SSSR count). The molecule has 0 aliphatic carbocycles. The maximum atomic E-state index is 13.6. The minimum absolute atomic E-state index is 0.00270. The van der Waals surface area contributed by atoms with E-state index < -0.39 is 23.8 Å². The number of benzene rings is 2. The number of aliphatic hydroxyl groups excluding tert-OH is 1. The van der Waals surface area contributed by atoms with Crippen molar-refractivity contribution in [2.75, 3.05) is 20.3 Å². The molecule has 0 heterocycles. The molecule has 1 unspecified atom stereocenters. The van der Waals surface area contributed by atoms with Crippen molar-refractivity contribution in [3.63, 3.8) is 0 Å². The van der Waals surface area contributed by atoms with Gasteiger partial charge in [0.05, 0.1) is 25.2 Å². The molecule has 0 aliphatic heterocycles. The van der Waals surface area contributed by atoms with Crippen LogP contribution in [-0.4, -0.2) is 49.5 Å². The fraction of sp³-hybridized carbons (Fsp3) is 0.480. The van der Waals surface area contributed by atoms with E-state index in [1.54, 1.807) is 7.11 Å². The molecule has 0 aliphatic rings. The predicted molar refractivity (Wildman–Crippen MR) is 122 cm³/mol. The Labute approximate surface area is 189 Å². The highest BCUT2D eigenvalue weighted by molar-refractivity contribution is 5.79. The number of halogens is 2. The van der Waals surface area contributed by atoms with Crippen molar-refractivity contribution >= 4 is 5.91 Å². The zero-order valence-electron chi connectivity index (χ0n) is 19.2. The number of carbonyl (C=O) groups excluding carboxylic acids is 1. The molecule has 0 saturated carbocycles. The highest BCUT2D eigenvalue weighted by Gasteiger charge is 2.23. The van der Waals surface area contributed by atoms with Crippen LogP contribution in [0.4, 0.5) is 8.78 Å². The van der Waals surface area contributed by atoms with Crippen LogP contribution in [0.1, 0.15) is 43.4 Å². The molecule has 7 heteroatoms. The summed E-state index contributed by atoms with van der Waals surface area (Å²) in [6, 6.07) is 10.3. The van der Waals surface area contributed by atoms with Gasteiger partial charge < -0.3 is 20.5 Å². The first-order valence-corrected chi connectivity index (χ1v) is 10.9. The third kappa shape index (κ3) is 8.65. The van der Waals surface area contributed by atoms with Crippen LogP contribution in [0.2, 0.25) is 0 Å². The maximum Gasteiger partial charge on any atom is 0.224 e. The van der Waals surface area contributed by atoms with Crippen LogP contribution in [0.25, 0.3) is 0 Å². The quantitative estimate of drug-likeness (QED) is 0.466. The summed E-state index contributed by atoms with van der Waals surface area (Å²) >= 11 is 0. The van der Waals surface area contributed by atoms with E-state index in [0.717, 1.165) is 11.6 Å². The van der Waals surface area contributed by atoms with Gasteiger partial charge in [-0.2, -0.15) is 0 Å². The first-order valence-electron chi connectivity index (χ1n) is 10.9. The summed E-state index contributed by atoms with van der Waals surface area (Å²) in [7, 11) is 1.59. The zero-order valence-corrected chi connectivity index (χ0v) is 19.2. The molecule has 0 aromatic heterocycles. The van der Waals surface area contributed by atoms with Gasteiger partial charge in [0.2, 0.25) is 5.91 Å². The van der Waals surface area contributed by atoms with Crippen LogP contribution >= 0.6 is 0 Å². The van der Waals surface area contributed by atoms with Crippen molar-refractivity contribution < 1.29 is 23.4 Å². The van der Waals surface area contributed by atoms with Crippen molar-refractivity contribution in [3.8, 4) is 0 Å². The lowest BCUT2D eigenvalue weighted by Gasteiger charge is -2.26. The number of hydrogen-bond acceptors (Lipinski definition) is 4. The molecule has 3 N–H and O–H groups in total. The number of aliphatic hydroxyl groups is 1. The van der Waals surface area contributed by atoms with Crippen LogP contribution in [0.15, 0.2) is 42.5 Å². The van der Waals surface area contributed by atoms with Crippen LogP contribution < -0.4 is 10.6 Å². The van der Waals surface area contributed by atoms with Gasteiger partial charge in [0.25, 0.3) is 0 Å². The van der Waals surface area contributed by atoms with E-state index in [4.69, 9.17) is 4.74 Å². The lowest BCUT2D eigenvalue weighted by molar-refractivity contribution is -0.122. The summed E-state index contributed by atoms with van der Waals surface area (Å²) in [5, 5.41) is 16.7. The Morgan fingerprint density at radius 3 is 2.22 bits per heavy atom. The van der Waals surface area contributed by atoms with E-state index in [2.05, 4.69) is 24.5 Å². The number of rotatable bonds is 12. The third-order valence-corrected chi connectivity index (χ3v) is 5.29. The minimum Gasteiger partial charge on any atom is -0.390 e. The van der Waals surface area contributed by atoms with E-state index in [1.165, 1.54) is 17.7 Å². The maximum absolute atomic E-state index is 13.6. The van der Waals surface area contributed by atoms with E-state index in [-0.39, 0.29) is 31.3 Å². The number of ether oxygens (including phenoxy) is 1. The molecule has 0 fully saturated rings. The van der Waals surface area contributed by atoms with Gasteiger partial charge >= 0.3 is 0 Å². The Hall–Kier alpha value is -2.35. The average Bonchev–Trinajstić information content (AvgIpc) is 2.71. The van der Waals surface area contributed by atoms with Crippen molar-refractivity contribution in [1.82, 2.24) is 10.6 Å². The van der Waals surface area contributed by atoms with Crippen LogP contribution in [0, 0.1) is 11.6 Å². The Kier molecular flexibility index (Phi) is 10.2. The molecule has 0 saturated heterocycles. The third-order valence-electron chi connectivity index (χ3n) is 5.29. The summed E-state index contributed by atoms with van der Waals surface area (Å²) in [6.07, 6.45) is -0.728. The lowest BCUT2D eigenvalue weighted by atomic mass is 9.99. The summed E-state index contributed by atoms with van der Waals surface area (Å²) < 4.78 is 32.4. The summed E-state index contributed by atoms with van der Waals surface area (Å²) in [6.45, 7) is 6.77. The molecule has 2 aromatic carbocycles. The normalized spacial score (nSPS) is 14.2. The molecule has 0 spiro atoms. The molecule has 5 nitrogen and oxygen atoms in total. The van der Waals surface area contributed by atoms with Gasteiger partial charge in [-0.05, 0) is 48.1 Å². The van der Waals surface area contributed by atoms with Crippen molar-refractivity contribution in [1.29, 1.82) is 0 Å². The van der Waals surface area contributed by atoms with Crippen LogP contribution in [0.3, 0.4) is 0 Å². The first kappa shape index (κ1) is 25.9. The molecular formula is C25H34F2N2O3. The van der Waals surface area contributed by atoms with E-state index in [9.17, 15) is 18.7 Å². The predicted octanol–water partition coefficient (Wildman–Crippen LogP) is 3.34. The number of nitrogens with one attached hydrogen (secondary N) is 2. The Morgan fingerprint density at radius 1 is 1.03 bits per heavy atom. The second-order valence-corrected chi connectivity index (χ2v) is 8.56. The first-order chi connectivity index (χ1) is 15.2. The summed E-state index contributed by atoms with van der Waals surface area (Å²) in [4.78, 5) is 12.7. The van der Waals surface area contributed by atoms with Crippen molar-refractivity contribution in [2.45, 2.75) is 57.7 Å². The molecule has 1 amide bonds. The smallest absolute Gasteiger partial charge is 0.224 e. The average molecular weight is 449 g/mol. The van der Waals surface area contributed by atoms with Crippen LogP contribution in [-0.2, 0) is 22.4 Å². The summed E-state index contributed by atoms with van der Waals surface area (Å²) in [5.41, 5.74) is 2.40. The monoisotopic (exact) mass is 448 g/mol. The molecule has 0 bridgehead atoms. The molecule has 0 radical (unpaired) electrons. The standard InChI is InChI=1S/C25H34F2N2O3/c1-16(2)20-7-5-18(6-8-20)12-25(31)29-23(24(30)14-28-17(3)15-32-4)11-19-9-21(26)13-22(27)10-19/h5-10,13,16-17,23-24,28,30H,11-12,14-15H2,1-4H3,(H,29,31)/t17?,23-,24+/m0/s1. The zero-order chi connectivity index (χ0) is 23.7. The van der Waals surface area contributed by atoms with E-state index in [1.807, 2.05) is 31.2 Å². The minimum atomic E-state index is -0.965. The molecular weight excluding hydrogens is 414 g/mol. The number of hydrogen-bond donors (Lipinski definition) is 3. The SMILES string of the molecule is COCC(C)NC[C@@H](O)[C@H](Cc1cc(F)cc(F)c1)NC(=O)Cc1ccc(C(C)C)cc1. The molecule has 32 heavy (non-hydrogen) atoms. The molecule has 176 valence electrons. The largest absolute Gasteiger partial charge is 0.390 e. The Bertz CT molecular complexity index is 839. The topological polar surface area (TPSA) is 70.6 Å². The second kappa shape index (κ2) is 12.6. The number of methoxy groups -OCH3 is 1. The van der Waals surface area contributed by atoms with Gasteiger partial charge in [-0.3, -0.25) is 4.79 Å². The highest BCUT2D eigenvalue weighted by atomic mass is 19.1. The van der Waals surface area contributed by atoms with Crippen molar-refractivity contribution in [2.24, 2.45) is 0 Å². The van der Waals surface area contributed by atoms with E-state index in [0.29, 0.717) is 18.1 Å². The fourth-order valence-electron chi connectivity index (χ4n) is 3.50. The van der Waals surface area contributed by atoms with Gasteiger partial charge in [-0.15, -0.1) is 0 Å². The lowest BCUT2D eigenvalue weighted by Crippen LogP contribution is -2.50. The van der Waals surface area contributed by atoms with Gasteiger partial charge in [0.15, 0.2) is 0 Å². The van der Waals surface area contributed by atoms with E-state index >= 15 is 0 Å². The second-order valence-electron chi connectivity index (χ2n) is 8.56. The Morgan fingerprint density at radius 2 is 1.66 bits per heavy atom. The molecule has 2 aromatic rings. The fourth-order valence-corrected chi connectivity index (χ4v) is 3.50. The van der Waals surface area contributed by atoms with Gasteiger partial charge in [0, 0.05) is 25.8 Å². The van der Waals surface area contributed by atoms with Gasteiger partial charge in [-0.1, -0.05) is 38.1 Å². The Balaban J connectivity index is 2.08. The van der Waals surface area contributed by atoms with Gasteiger partial charge in [0.1, 0.15) is 11.6 Å². The van der Waals surface area contributed by atoms with Crippen molar-refractivity contribution in [3.05, 3.63) is 70.8 Å². The number of amides is 1. The number of carbonyl (C=O) groups is 1. The molecule has 3 atom stereocenters. The van der Waals surface area contributed by atoms with Crippen LogP contribution in [0.5, 0.6) is 0 Å². The van der Waals surface area contributed by atoms with Gasteiger partial charge in [-0.25, -0.2) is 8.78 Å².